The Hall–Kier alpha value is -1.56. The molecule has 2 N–H and O–H groups in total. The smallest absolute Gasteiger partial charge is 0.359 e. The lowest BCUT2D eigenvalue weighted by atomic mass is 10.2. The Bertz CT molecular complexity index is 436. The van der Waals surface area contributed by atoms with Crippen LogP contribution >= 0.6 is 0 Å². The molecule has 0 aliphatic carbocycles. The minimum atomic E-state index is -0.419. The van der Waals surface area contributed by atoms with E-state index >= 15 is 0 Å². The van der Waals surface area contributed by atoms with Crippen LogP contribution in [0.4, 0.5) is 5.69 Å². The molecule has 1 atom stereocenters. The van der Waals surface area contributed by atoms with E-state index in [1.807, 2.05) is 6.92 Å². The summed E-state index contributed by atoms with van der Waals surface area (Å²) >= 11 is 0. The normalized spacial score (nSPS) is 19.8. The topological polar surface area (TPSA) is 79.4 Å². The average molecular weight is 253 g/mol. The van der Waals surface area contributed by atoms with Crippen molar-refractivity contribution in [1.29, 1.82) is 0 Å². The fourth-order valence-corrected chi connectivity index (χ4v) is 2.11. The molecule has 2 rings (SSSR count). The first-order chi connectivity index (χ1) is 8.63. The molecule has 1 aromatic rings. The van der Waals surface area contributed by atoms with Crippen molar-refractivity contribution < 1.29 is 14.3 Å². The molecule has 0 saturated carbocycles. The summed E-state index contributed by atoms with van der Waals surface area (Å²) in [7, 11) is 1.70. The summed E-state index contributed by atoms with van der Waals surface area (Å²) < 4.78 is 12.2. The van der Waals surface area contributed by atoms with E-state index < -0.39 is 5.97 Å². The van der Waals surface area contributed by atoms with Crippen molar-refractivity contribution in [3.8, 4) is 0 Å². The minimum absolute atomic E-state index is 0.175. The standard InChI is InChI=1S/C12H19N3O3/c1-3-9-10(13)11(15(2)14-9)12(16)18-8-5-4-6-17-7-8/h8H,3-7,13H2,1-2H3. The molecule has 2 heterocycles. The Morgan fingerprint density at radius 1 is 1.67 bits per heavy atom. The van der Waals surface area contributed by atoms with E-state index in [1.54, 1.807) is 7.05 Å². The zero-order valence-electron chi connectivity index (χ0n) is 10.8. The molecule has 1 unspecified atom stereocenters. The van der Waals surface area contributed by atoms with Crippen molar-refractivity contribution in [2.75, 3.05) is 18.9 Å². The van der Waals surface area contributed by atoms with Gasteiger partial charge >= 0.3 is 5.97 Å². The lowest BCUT2D eigenvalue weighted by Gasteiger charge is -2.22. The van der Waals surface area contributed by atoms with Gasteiger partial charge in [-0.25, -0.2) is 4.79 Å². The van der Waals surface area contributed by atoms with E-state index in [-0.39, 0.29) is 6.10 Å². The molecule has 100 valence electrons. The third-order valence-corrected chi connectivity index (χ3v) is 3.08. The number of ether oxygens (including phenoxy) is 2. The van der Waals surface area contributed by atoms with E-state index in [1.165, 1.54) is 4.68 Å². The van der Waals surface area contributed by atoms with E-state index in [4.69, 9.17) is 15.2 Å². The molecular formula is C12H19N3O3. The van der Waals surface area contributed by atoms with Crippen LogP contribution in [-0.4, -0.2) is 35.1 Å². The molecule has 1 aliphatic rings. The highest BCUT2D eigenvalue weighted by molar-refractivity contribution is 5.93. The predicted octanol–water partition coefficient (Wildman–Crippen LogP) is 0.900. The van der Waals surface area contributed by atoms with Gasteiger partial charge in [-0.1, -0.05) is 6.92 Å². The first kappa shape index (κ1) is 12.9. The molecule has 1 fully saturated rings. The van der Waals surface area contributed by atoms with Gasteiger partial charge in [-0.3, -0.25) is 4.68 Å². The zero-order chi connectivity index (χ0) is 13.1. The van der Waals surface area contributed by atoms with Crippen molar-refractivity contribution >= 4 is 11.7 Å². The number of anilines is 1. The first-order valence-corrected chi connectivity index (χ1v) is 6.23. The number of nitrogens with zero attached hydrogens (tertiary/aromatic N) is 2. The molecule has 1 saturated heterocycles. The first-order valence-electron chi connectivity index (χ1n) is 6.23. The SMILES string of the molecule is CCc1nn(C)c(C(=O)OC2CCCOC2)c1N. The molecule has 6 nitrogen and oxygen atoms in total. The van der Waals surface area contributed by atoms with Crippen molar-refractivity contribution in [2.24, 2.45) is 7.05 Å². The second-order valence-electron chi connectivity index (χ2n) is 4.43. The van der Waals surface area contributed by atoms with Gasteiger partial charge in [-0.05, 0) is 19.3 Å². The zero-order valence-corrected chi connectivity index (χ0v) is 10.8. The largest absolute Gasteiger partial charge is 0.455 e. The second-order valence-corrected chi connectivity index (χ2v) is 4.43. The number of carbonyl (C=O) groups is 1. The van der Waals surface area contributed by atoms with Crippen LogP contribution in [-0.2, 0) is 22.9 Å². The lowest BCUT2D eigenvalue weighted by Crippen LogP contribution is -2.29. The van der Waals surface area contributed by atoms with Crippen LogP contribution < -0.4 is 5.73 Å². The highest BCUT2D eigenvalue weighted by Gasteiger charge is 2.24. The predicted molar refractivity (Wildman–Crippen MR) is 66.3 cm³/mol. The summed E-state index contributed by atoms with van der Waals surface area (Å²) in [4.78, 5) is 12.1. The Morgan fingerprint density at radius 2 is 2.44 bits per heavy atom. The number of rotatable bonds is 3. The van der Waals surface area contributed by atoms with Gasteiger partial charge in [-0.15, -0.1) is 0 Å². The van der Waals surface area contributed by atoms with E-state index in [2.05, 4.69) is 5.10 Å². The van der Waals surface area contributed by atoms with Gasteiger partial charge in [0.2, 0.25) is 0 Å². The van der Waals surface area contributed by atoms with Crippen LogP contribution in [0.15, 0.2) is 0 Å². The van der Waals surface area contributed by atoms with Gasteiger partial charge in [0.25, 0.3) is 0 Å². The van der Waals surface area contributed by atoms with Crippen molar-refractivity contribution in [1.82, 2.24) is 9.78 Å². The molecule has 0 bridgehead atoms. The summed E-state index contributed by atoms with van der Waals surface area (Å²) in [5, 5.41) is 4.20. The maximum absolute atomic E-state index is 12.1. The Labute approximate surface area is 106 Å². The fraction of sp³-hybridized carbons (Fsp3) is 0.667. The van der Waals surface area contributed by atoms with Gasteiger partial charge in [0, 0.05) is 13.7 Å². The Kier molecular flexibility index (Phi) is 3.86. The van der Waals surface area contributed by atoms with Gasteiger partial charge in [0.15, 0.2) is 5.69 Å². The summed E-state index contributed by atoms with van der Waals surface area (Å²) in [6, 6.07) is 0. The van der Waals surface area contributed by atoms with Crippen LogP contribution in [0.25, 0.3) is 0 Å². The monoisotopic (exact) mass is 253 g/mol. The number of carbonyl (C=O) groups excluding carboxylic acids is 1. The van der Waals surface area contributed by atoms with Gasteiger partial charge in [0.05, 0.1) is 18.0 Å². The summed E-state index contributed by atoms with van der Waals surface area (Å²) in [6.45, 7) is 3.15. The fourth-order valence-electron chi connectivity index (χ4n) is 2.11. The van der Waals surface area contributed by atoms with Crippen molar-refractivity contribution in [3.63, 3.8) is 0 Å². The highest BCUT2D eigenvalue weighted by Crippen LogP contribution is 2.20. The third-order valence-electron chi connectivity index (χ3n) is 3.08. The van der Waals surface area contributed by atoms with Gasteiger partial charge < -0.3 is 15.2 Å². The summed E-state index contributed by atoms with van der Waals surface area (Å²) in [6.07, 6.45) is 2.27. The summed E-state index contributed by atoms with van der Waals surface area (Å²) in [5.74, 6) is -0.419. The molecule has 0 amide bonds. The van der Waals surface area contributed by atoms with E-state index in [0.717, 1.165) is 25.1 Å². The number of nitrogen functional groups attached to an aromatic ring is 1. The van der Waals surface area contributed by atoms with Gasteiger partial charge in [0.1, 0.15) is 6.10 Å². The number of aryl methyl sites for hydroxylation is 2. The van der Waals surface area contributed by atoms with Gasteiger partial charge in [-0.2, -0.15) is 5.10 Å². The van der Waals surface area contributed by atoms with Crippen molar-refractivity contribution in [3.05, 3.63) is 11.4 Å². The third kappa shape index (κ3) is 2.48. The second kappa shape index (κ2) is 5.39. The van der Waals surface area contributed by atoms with E-state index in [9.17, 15) is 4.79 Å². The summed E-state index contributed by atoms with van der Waals surface area (Å²) in [5.41, 5.74) is 7.38. The number of hydrogen-bond acceptors (Lipinski definition) is 5. The van der Waals surface area contributed by atoms with E-state index in [0.29, 0.717) is 24.4 Å². The number of nitrogens with two attached hydrogens (primary N) is 1. The molecule has 1 aromatic heterocycles. The maximum atomic E-state index is 12.1. The van der Waals surface area contributed by atoms with Crippen LogP contribution in [0, 0.1) is 0 Å². The average Bonchev–Trinajstić information content (AvgIpc) is 2.65. The van der Waals surface area contributed by atoms with Crippen molar-refractivity contribution in [2.45, 2.75) is 32.3 Å². The maximum Gasteiger partial charge on any atom is 0.359 e. The molecule has 1 aliphatic heterocycles. The van der Waals surface area contributed by atoms with Crippen LogP contribution in [0.1, 0.15) is 35.9 Å². The number of aromatic nitrogens is 2. The molecule has 0 aromatic carbocycles. The number of esters is 1. The Balaban J connectivity index is 2.10. The highest BCUT2D eigenvalue weighted by atomic mass is 16.6. The lowest BCUT2D eigenvalue weighted by molar-refractivity contribution is -0.0311. The molecule has 6 heteroatoms. The van der Waals surface area contributed by atoms with Crippen LogP contribution in [0.2, 0.25) is 0 Å². The Morgan fingerprint density at radius 3 is 3.00 bits per heavy atom. The van der Waals surface area contributed by atoms with Crippen LogP contribution in [0.5, 0.6) is 0 Å². The quantitative estimate of drug-likeness (QED) is 0.810. The molecule has 0 radical (unpaired) electrons. The molecule has 0 spiro atoms. The molecule has 18 heavy (non-hydrogen) atoms. The van der Waals surface area contributed by atoms with Crippen LogP contribution in [0.3, 0.4) is 0 Å². The minimum Gasteiger partial charge on any atom is -0.455 e. The number of hydrogen-bond donors (Lipinski definition) is 1. The molecular weight excluding hydrogens is 234 g/mol.